The summed E-state index contributed by atoms with van der Waals surface area (Å²) >= 11 is 0. The van der Waals surface area contributed by atoms with E-state index in [-0.39, 0.29) is 29.6 Å². The third kappa shape index (κ3) is 43.6. The van der Waals surface area contributed by atoms with Crippen molar-refractivity contribution in [1.82, 2.24) is 0 Å². The Kier molecular flexibility index (Phi) is 23.7. The predicted octanol–water partition coefficient (Wildman–Crippen LogP) is 2.21. The zero-order valence-corrected chi connectivity index (χ0v) is 11.5. The summed E-state index contributed by atoms with van der Waals surface area (Å²) in [6.45, 7) is 2.62. The van der Waals surface area contributed by atoms with Gasteiger partial charge in [0.1, 0.15) is 0 Å². The van der Waals surface area contributed by atoms with Gasteiger partial charge in [0, 0.05) is 6.61 Å². The van der Waals surface area contributed by atoms with Crippen LogP contribution in [0.25, 0.3) is 0 Å². The molecule has 0 saturated carbocycles. The third-order valence-electron chi connectivity index (χ3n) is 2.26. The summed E-state index contributed by atoms with van der Waals surface area (Å²) in [7, 11) is -4.67. The molecular formula is C11H27NaO5S. The van der Waals surface area contributed by atoms with Gasteiger partial charge in [-0.3, -0.25) is 9.11 Å². The summed E-state index contributed by atoms with van der Waals surface area (Å²) in [5.74, 6) is 0. The summed E-state index contributed by atoms with van der Waals surface area (Å²) < 4.78 is 31.6. The third-order valence-corrected chi connectivity index (χ3v) is 2.26. The molecule has 0 aliphatic rings. The van der Waals surface area contributed by atoms with Gasteiger partial charge in [0.15, 0.2) is 0 Å². The molecule has 0 heterocycles. The molecule has 7 heteroatoms. The first-order valence-electron chi connectivity index (χ1n) is 6.22. The molecule has 0 aliphatic carbocycles. The van der Waals surface area contributed by atoms with Gasteiger partial charge < -0.3 is 5.11 Å². The van der Waals surface area contributed by atoms with E-state index in [1.807, 2.05) is 0 Å². The maximum absolute atomic E-state index is 8.74. The predicted molar refractivity (Wildman–Crippen MR) is 75.6 cm³/mol. The molecular weight excluding hydrogens is 267 g/mol. The number of hydrogen-bond donors (Lipinski definition) is 3. The molecule has 0 aromatic heterocycles. The van der Waals surface area contributed by atoms with Crippen LogP contribution in [0.2, 0.25) is 0 Å². The zero-order chi connectivity index (χ0) is 13.6. The van der Waals surface area contributed by atoms with Gasteiger partial charge in [0.05, 0.1) is 0 Å². The van der Waals surface area contributed by atoms with E-state index in [0.29, 0.717) is 6.61 Å². The Morgan fingerprint density at radius 2 is 1.06 bits per heavy atom. The first-order valence-corrected chi connectivity index (χ1v) is 7.62. The van der Waals surface area contributed by atoms with Crippen LogP contribution in [-0.4, -0.2) is 58.8 Å². The van der Waals surface area contributed by atoms with Crippen molar-refractivity contribution in [2.24, 2.45) is 0 Å². The van der Waals surface area contributed by atoms with Gasteiger partial charge in [0.2, 0.25) is 0 Å². The first kappa shape index (κ1) is 23.9. The fourth-order valence-corrected chi connectivity index (χ4v) is 1.42. The van der Waals surface area contributed by atoms with E-state index in [0.717, 1.165) is 6.42 Å². The van der Waals surface area contributed by atoms with E-state index >= 15 is 0 Å². The molecule has 5 nitrogen and oxygen atoms in total. The average Bonchev–Trinajstić information content (AvgIpc) is 2.20. The Labute approximate surface area is 133 Å². The minimum atomic E-state index is -4.67. The number of rotatable bonds is 9. The van der Waals surface area contributed by atoms with Crippen LogP contribution in [0, 0.1) is 0 Å². The minimum absolute atomic E-state index is 0. The molecule has 0 unspecified atom stereocenters. The molecule has 0 spiro atoms. The summed E-state index contributed by atoms with van der Waals surface area (Å²) in [6, 6.07) is 0. The SMILES string of the molecule is CCCCCCCCCCCO.O=S(=O)(O)O.[NaH]. The van der Waals surface area contributed by atoms with Crippen LogP contribution in [0.1, 0.15) is 64.7 Å². The van der Waals surface area contributed by atoms with Crippen LogP contribution in [0.4, 0.5) is 0 Å². The van der Waals surface area contributed by atoms with E-state index in [1.54, 1.807) is 0 Å². The molecule has 0 rings (SSSR count). The van der Waals surface area contributed by atoms with E-state index in [9.17, 15) is 0 Å². The molecule has 0 saturated heterocycles. The van der Waals surface area contributed by atoms with Gasteiger partial charge in [-0.05, 0) is 6.42 Å². The van der Waals surface area contributed by atoms with Crippen LogP contribution in [0.3, 0.4) is 0 Å². The quantitative estimate of drug-likeness (QED) is 0.344. The van der Waals surface area contributed by atoms with Crippen LogP contribution >= 0.6 is 0 Å². The topological polar surface area (TPSA) is 94.8 Å². The summed E-state index contributed by atoms with van der Waals surface area (Å²) in [5.41, 5.74) is 0. The van der Waals surface area contributed by atoms with Gasteiger partial charge in [-0.25, -0.2) is 0 Å². The molecule has 3 N–H and O–H groups in total. The molecule has 0 atom stereocenters. The normalized spacial score (nSPS) is 10.2. The average molecular weight is 294 g/mol. The number of unbranched alkanes of at least 4 members (excludes halogenated alkanes) is 8. The van der Waals surface area contributed by atoms with Gasteiger partial charge >= 0.3 is 40.0 Å². The second kappa shape index (κ2) is 17.8. The van der Waals surface area contributed by atoms with E-state index in [2.05, 4.69) is 6.92 Å². The van der Waals surface area contributed by atoms with Crippen molar-refractivity contribution < 1.29 is 22.6 Å². The molecule has 18 heavy (non-hydrogen) atoms. The Morgan fingerprint density at radius 1 is 0.778 bits per heavy atom. The molecule has 0 aromatic carbocycles. The van der Waals surface area contributed by atoms with Crippen molar-refractivity contribution in [3.63, 3.8) is 0 Å². The monoisotopic (exact) mass is 294 g/mol. The Morgan fingerprint density at radius 3 is 1.33 bits per heavy atom. The van der Waals surface area contributed by atoms with E-state index in [4.69, 9.17) is 22.6 Å². The number of hydrogen-bond acceptors (Lipinski definition) is 3. The maximum atomic E-state index is 8.74. The van der Waals surface area contributed by atoms with Gasteiger partial charge in [0.25, 0.3) is 0 Å². The first-order chi connectivity index (χ1) is 7.91. The second-order valence-corrected chi connectivity index (χ2v) is 4.90. The molecule has 0 aromatic rings. The fourth-order valence-electron chi connectivity index (χ4n) is 1.42. The number of aliphatic hydroxyl groups excluding tert-OH is 1. The number of aliphatic hydroxyl groups is 1. The molecule has 0 radical (unpaired) electrons. The summed E-state index contributed by atoms with van der Waals surface area (Å²) in [5, 5.41) is 8.54. The van der Waals surface area contributed by atoms with Gasteiger partial charge in [-0.1, -0.05) is 58.3 Å². The molecule has 108 valence electrons. The second-order valence-electron chi connectivity index (χ2n) is 4.00. The van der Waals surface area contributed by atoms with Crippen LogP contribution in [-0.2, 0) is 10.4 Å². The summed E-state index contributed by atoms with van der Waals surface area (Å²) in [6.07, 6.45) is 11.8. The Balaban J connectivity index is -0.000000321. The van der Waals surface area contributed by atoms with E-state index in [1.165, 1.54) is 51.4 Å². The Hall–Kier alpha value is 0.830. The van der Waals surface area contributed by atoms with Crippen LogP contribution in [0.15, 0.2) is 0 Å². The van der Waals surface area contributed by atoms with E-state index < -0.39 is 10.4 Å². The van der Waals surface area contributed by atoms with Crippen LogP contribution < -0.4 is 0 Å². The molecule has 0 aliphatic heterocycles. The van der Waals surface area contributed by atoms with Crippen molar-refractivity contribution in [2.45, 2.75) is 64.7 Å². The molecule has 0 amide bonds. The van der Waals surface area contributed by atoms with Crippen molar-refractivity contribution in [3.05, 3.63) is 0 Å². The molecule has 0 fully saturated rings. The van der Waals surface area contributed by atoms with Crippen LogP contribution in [0.5, 0.6) is 0 Å². The van der Waals surface area contributed by atoms with Crippen molar-refractivity contribution in [3.8, 4) is 0 Å². The van der Waals surface area contributed by atoms with Crippen molar-refractivity contribution in [2.75, 3.05) is 6.61 Å². The van der Waals surface area contributed by atoms with Gasteiger partial charge in [-0.2, -0.15) is 8.42 Å². The van der Waals surface area contributed by atoms with Crippen molar-refractivity contribution in [1.29, 1.82) is 0 Å². The van der Waals surface area contributed by atoms with Crippen molar-refractivity contribution >= 4 is 40.0 Å². The standard InChI is InChI=1S/C11H24O.Na.H2O4S.H/c1-2-3-4-5-6-7-8-9-10-11-12;;1-5(2,3)4;/h12H,2-11H2,1H3;;(H2,1,2,3,4);. The fraction of sp³-hybridized carbons (Fsp3) is 1.00. The van der Waals surface area contributed by atoms with Gasteiger partial charge in [-0.15, -0.1) is 0 Å². The summed E-state index contributed by atoms with van der Waals surface area (Å²) in [4.78, 5) is 0. The Bertz CT molecular complexity index is 214. The zero-order valence-electron chi connectivity index (χ0n) is 10.6. The molecule has 0 bridgehead atoms.